The molecule has 1 aliphatic rings. The Morgan fingerprint density at radius 1 is 1.38 bits per heavy atom. The molecule has 0 unspecified atom stereocenters. The third-order valence-electron chi connectivity index (χ3n) is 5.07. The minimum Gasteiger partial charge on any atom is -0.474 e. The van der Waals surface area contributed by atoms with E-state index in [1.165, 1.54) is 18.6 Å². The van der Waals surface area contributed by atoms with Crippen molar-refractivity contribution in [3.05, 3.63) is 54.5 Å². The second-order valence-electron chi connectivity index (χ2n) is 7.70. The lowest BCUT2D eigenvalue weighted by Gasteiger charge is -2.29. The van der Waals surface area contributed by atoms with Crippen LogP contribution in [0.3, 0.4) is 0 Å². The highest BCUT2D eigenvalue weighted by molar-refractivity contribution is 5.99. The summed E-state index contributed by atoms with van der Waals surface area (Å²) in [5.74, 6) is 1.15. The molecule has 0 aliphatic carbocycles. The number of likely N-dealkylation sites (tertiary alicyclic amines) is 1. The minimum atomic E-state index is -0.350. The molecule has 0 aromatic carbocycles. The van der Waals surface area contributed by atoms with E-state index in [0.29, 0.717) is 23.9 Å². The number of hydrogen-bond acceptors (Lipinski definition) is 10. The van der Waals surface area contributed by atoms with E-state index in [1.54, 1.807) is 19.2 Å². The van der Waals surface area contributed by atoms with Gasteiger partial charge in [-0.1, -0.05) is 12.1 Å². The van der Waals surface area contributed by atoms with Gasteiger partial charge in [-0.3, -0.25) is 9.79 Å². The number of rotatable bonds is 10. The molecule has 11 heteroatoms. The van der Waals surface area contributed by atoms with Crippen LogP contribution in [0.4, 0.5) is 17.6 Å². The first kappa shape index (κ1) is 24.6. The summed E-state index contributed by atoms with van der Waals surface area (Å²) < 4.78 is 6.08. The Labute approximate surface area is 200 Å². The van der Waals surface area contributed by atoms with E-state index in [4.69, 9.17) is 10.5 Å². The Kier molecular flexibility index (Phi) is 8.92. The molecule has 2 aromatic heterocycles. The summed E-state index contributed by atoms with van der Waals surface area (Å²) in [6.07, 6.45) is 7.91. The summed E-state index contributed by atoms with van der Waals surface area (Å²) in [5, 5.41) is 8.82. The van der Waals surface area contributed by atoms with Crippen LogP contribution in [0.15, 0.2) is 53.9 Å². The first-order chi connectivity index (χ1) is 16.5. The average molecular weight is 468 g/mol. The monoisotopic (exact) mass is 467 g/mol. The van der Waals surface area contributed by atoms with E-state index in [0.717, 1.165) is 25.9 Å². The second-order valence-corrected chi connectivity index (χ2v) is 7.70. The predicted molar refractivity (Wildman–Crippen MR) is 136 cm³/mol. The highest BCUT2D eigenvalue weighted by Crippen LogP contribution is 2.22. The van der Waals surface area contributed by atoms with Crippen molar-refractivity contribution >= 4 is 29.7 Å². The fourth-order valence-electron chi connectivity index (χ4n) is 3.29. The van der Waals surface area contributed by atoms with Gasteiger partial charge in [0.25, 0.3) is 5.91 Å². The van der Waals surface area contributed by atoms with Gasteiger partial charge in [-0.05, 0) is 26.0 Å². The van der Waals surface area contributed by atoms with Crippen molar-refractivity contribution in [2.24, 2.45) is 10.7 Å². The highest BCUT2D eigenvalue weighted by atomic mass is 16.5. The maximum atomic E-state index is 12.7. The van der Waals surface area contributed by atoms with Crippen LogP contribution < -0.4 is 26.4 Å². The van der Waals surface area contributed by atoms with E-state index in [1.807, 2.05) is 12.1 Å². The third kappa shape index (κ3) is 7.01. The van der Waals surface area contributed by atoms with Crippen LogP contribution in [0.5, 0.6) is 5.88 Å². The quantitative estimate of drug-likeness (QED) is 0.305. The van der Waals surface area contributed by atoms with Crippen LogP contribution >= 0.6 is 0 Å². The van der Waals surface area contributed by atoms with Crippen LogP contribution in [-0.4, -0.2) is 71.8 Å². The highest BCUT2D eigenvalue weighted by Gasteiger charge is 2.19. The molecule has 182 valence electrons. The number of nitrogens with one attached hydrogen (secondary N) is 3. The number of piperidine rings is 1. The lowest BCUT2D eigenvalue weighted by atomic mass is 10.1. The van der Waals surface area contributed by atoms with E-state index in [9.17, 15) is 4.79 Å². The molecule has 3 heterocycles. The summed E-state index contributed by atoms with van der Waals surface area (Å²) in [6, 6.07) is 5.43. The molecule has 11 nitrogen and oxygen atoms in total. The molecule has 1 fully saturated rings. The minimum absolute atomic E-state index is 0. The fraction of sp³-hybridized carbons (Fsp3) is 0.348. The van der Waals surface area contributed by atoms with Crippen molar-refractivity contribution in [3.63, 3.8) is 0 Å². The average Bonchev–Trinajstić information content (AvgIpc) is 2.84. The number of carbonyl (C=O) groups excluding carboxylic acids is 1. The number of aromatic nitrogens is 3. The van der Waals surface area contributed by atoms with Crippen molar-refractivity contribution in [2.45, 2.75) is 18.9 Å². The number of ether oxygens (including phenoxy) is 1. The predicted octanol–water partition coefficient (Wildman–Crippen LogP) is 2.16. The lowest BCUT2D eigenvalue weighted by molar-refractivity contribution is 0.0958. The maximum Gasteiger partial charge on any atom is 0.256 e. The van der Waals surface area contributed by atoms with Gasteiger partial charge in [0, 0.05) is 52.8 Å². The lowest BCUT2D eigenvalue weighted by Crippen LogP contribution is -2.35. The van der Waals surface area contributed by atoms with Gasteiger partial charge >= 0.3 is 0 Å². The van der Waals surface area contributed by atoms with E-state index in [-0.39, 0.29) is 30.8 Å². The summed E-state index contributed by atoms with van der Waals surface area (Å²) in [6.45, 7) is 5.91. The van der Waals surface area contributed by atoms with Crippen LogP contribution in [-0.2, 0) is 0 Å². The number of anilines is 3. The number of nitrogens with zero attached hydrogens (tertiary/aromatic N) is 5. The topological polar surface area (TPSA) is 143 Å². The van der Waals surface area contributed by atoms with Crippen LogP contribution in [0.1, 0.15) is 24.6 Å². The third-order valence-corrected chi connectivity index (χ3v) is 5.07. The molecular weight excluding hydrogens is 434 g/mol. The van der Waals surface area contributed by atoms with E-state index in [2.05, 4.69) is 54.4 Å². The Morgan fingerprint density at radius 3 is 2.88 bits per heavy atom. The Hall–Kier alpha value is -3.99. The van der Waals surface area contributed by atoms with Crippen molar-refractivity contribution in [2.75, 3.05) is 44.4 Å². The first-order valence-electron chi connectivity index (χ1n) is 11.0. The second kappa shape index (κ2) is 12.3. The number of aliphatic imine (C=N–C) groups is 1. The SMILES string of the molecule is C=CCNC(=O)c1cnc(N/C(C=NC)=C/N)nc1Nc1cccc(OC2CCN(C)CC2)n1.[HH]. The zero-order valence-electron chi connectivity index (χ0n) is 19.5. The largest absolute Gasteiger partial charge is 0.474 e. The van der Waals surface area contributed by atoms with E-state index >= 15 is 0 Å². The Morgan fingerprint density at radius 2 is 2.18 bits per heavy atom. The van der Waals surface area contributed by atoms with Crippen molar-refractivity contribution in [3.8, 4) is 5.88 Å². The zero-order valence-corrected chi connectivity index (χ0v) is 19.5. The number of nitrogens with two attached hydrogens (primary N) is 1. The van der Waals surface area contributed by atoms with Crippen molar-refractivity contribution in [1.29, 1.82) is 0 Å². The van der Waals surface area contributed by atoms with Gasteiger partial charge in [-0.2, -0.15) is 9.97 Å². The molecule has 0 spiro atoms. The number of amides is 1. The smallest absolute Gasteiger partial charge is 0.256 e. The summed E-state index contributed by atoms with van der Waals surface area (Å²) in [7, 11) is 3.73. The number of allylic oxidation sites excluding steroid dienone is 1. The van der Waals surface area contributed by atoms with Crippen molar-refractivity contribution in [1.82, 2.24) is 25.2 Å². The van der Waals surface area contributed by atoms with Gasteiger partial charge in [-0.25, -0.2) is 4.98 Å². The van der Waals surface area contributed by atoms with Crippen LogP contribution in [0, 0.1) is 0 Å². The number of carbonyl (C=O) groups is 1. The summed E-state index contributed by atoms with van der Waals surface area (Å²) >= 11 is 0. The van der Waals surface area contributed by atoms with Gasteiger partial charge in [0.15, 0.2) is 0 Å². The van der Waals surface area contributed by atoms with Gasteiger partial charge in [0.1, 0.15) is 23.3 Å². The molecule has 0 bridgehead atoms. The van der Waals surface area contributed by atoms with Gasteiger partial charge in [0.05, 0.1) is 5.70 Å². The van der Waals surface area contributed by atoms with Gasteiger partial charge in [-0.15, -0.1) is 6.58 Å². The normalized spacial score (nSPS) is 15.2. The van der Waals surface area contributed by atoms with Crippen LogP contribution in [0.2, 0.25) is 0 Å². The van der Waals surface area contributed by atoms with Gasteiger partial charge in [0.2, 0.25) is 11.8 Å². The number of hydrogen-bond donors (Lipinski definition) is 4. The molecule has 2 aromatic rings. The molecule has 0 atom stereocenters. The molecule has 1 aliphatic heterocycles. The maximum absolute atomic E-state index is 12.7. The first-order valence-corrected chi connectivity index (χ1v) is 11.0. The molecule has 0 radical (unpaired) electrons. The zero-order chi connectivity index (χ0) is 24.3. The number of pyridine rings is 1. The molecule has 3 rings (SSSR count). The van der Waals surface area contributed by atoms with Crippen molar-refractivity contribution < 1.29 is 11.0 Å². The molecule has 0 saturated carbocycles. The van der Waals surface area contributed by atoms with Gasteiger partial charge < -0.3 is 31.3 Å². The summed E-state index contributed by atoms with van der Waals surface area (Å²) in [5.41, 5.74) is 6.37. The molecule has 1 amide bonds. The summed E-state index contributed by atoms with van der Waals surface area (Å²) in [4.78, 5) is 32.1. The molecular formula is C23H33N9O2. The standard InChI is InChI=1S/C23H31N9O2.H2/c1-4-10-26-22(33)18-15-27-23(28-16(13-24)14-25-2)31-21(18)30-19-6-5-7-20(29-19)34-17-8-11-32(3)12-9-17;/h4-7,13-15,17H,1,8-12,24H2,2-3H3,(H,26,33)(H2,27,28,29,30,31);1H/b16-13+,25-14?;. The van der Waals surface area contributed by atoms with E-state index < -0.39 is 0 Å². The van der Waals surface area contributed by atoms with Crippen LogP contribution in [0.25, 0.3) is 0 Å². The molecule has 5 N–H and O–H groups in total. The molecule has 34 heavy (non-hydrogen) atoms. The Balaban J connectivity index is 0.00000432. The fourth-order valence-corrected chi connectivity index (χ4v) is 3.29. The molecule has 1 saturated heterocycles. The Bertz CT molecular complexity index is 1050.